The third-order valence-corrected chi connectivity index (χ3v) is 6.13. The smallest absolute Gasteiger partial charge is 0.321 e. The van der Waals surface area contributed by atoms with Gasteiger partial charge in [-0.15, -0.1) is 0 Å². The quantitative estimate of drug-likeness (QED) is 0.696. The number of amides is 2. The number of hydrogen-bond acceptors (Lipinski definition) is 5. The summed E-state index contributed by atoms with van der Waals surface area (Å²) in [6.45, 7) is 4.33. The van der Waals surface area contributed by atoms with Crippen molar-refractivity contribution < 1.29 is 13.9 Å². The Hall–Kier alpha value is -2.88. The molecule has 2 amide bonds. The van der Waals surface area contributed by atoms with E-state index in [0.29, 0.717) is 48.4 Å². The van der Waals surface area contributed by atoms with Gasteiger partial charge in [-0.1, -0.05) is 0 Å². The van der Waals surface area contributed by atoms with Crippen LogP contribution in [0.5, 0.6) is 0 Å². The second-order valence-corrected chi connectivity index (χ2v) is 8.27. The van der Waals surface area contributed by atoms with Gasteiger partial charge in [-0.25, -0.2) is 14.2 Å². The molecule has 31 heavy (non-hydrogen) atoms. The number of rotatable bonds is 3. The molecule has 0 radical (unpaired) electrons. The molecule has 0 aromatic carbocycles. The zero-order valence-corrected chi connectivity index (χ0v) is 17.5. The lowest BCUT2D eigenvalue weighted by Gasteiger charge is -2.29. The number of alkyl halides is 1. The second-order valence-electron chi connectivity index (χ2n) is 8.27. The molecule has 1 atom stereocenters. The van der Waals surface area contributed by atoms with Crippen LogP contribution >= 0.6 is 0 Å². The minimum absolute atomic E-state index is 0.131. The van der Waals surface area contributed by atoms with Gasteiger partial charge in [0.05, 0.1) is 29.4 Å². The van der Waals surface area contributed by atoms with Gasteiger partial charge < -0.3 is 24.8 Å². The highest BCUT2D eigenvalue weighted by atomic mass is 19.1. The van der Waals surface area contributed by atoms with E-state index >= 15 is 0 Å². The summed E-state index contributed by atoms with van der Waals surface area (Å²) in [5, 5.41) is 10.0. The molecular formula is C21H28FN7O2. The molecule has 2 aromatic rings. The molecule has 10 heteroatoms. The highest BCUT2D eigenvalue weighted by Crippen LogP contribution is 2.31. The lowest BCUT2D eigenvalue weighted by molar-refractivity contribution is 0.143. The highest BCUT2D eigenvalue weighted by Gasteiger charge is 2.29. The molecular weight excluding hydrogens is 401 g/mol. The first-order valence-electron chi connectivity index (χ1n) is 11.1. The summed E-state index contributed by atoms with van der Waals surface area (Å²) in [5.74, 6) is 0.518. The number of ether oxygens (including phenoxy) is 1. The number of nitrogens with zero attached hydrogens (tertiary/aromatic N) is 4. The number of aromatic nitrogens is 4. The van der Waals surface area contributed by atoms with E-state index in [9.17, 15) is 9.18 Å². The Kier molecular flexibility index (Phi) is 5.63. The Morgan fingerprint density at radius 2 is 2.03 bits per heavy atom. The van der Waals surface area contributed by atoms with Crippen molar-refractivity contribution in [3.05, 3.63) is 23.3 Å². The van der Waals surface area contributed by atoms with Gasteiger partial charge in [0.1, 0.15) is 6.17 Å². The first-order chi connectivity index (χ1) is 15.2. The fourth-order valence-electron chi connectivity index (χ4n) is 4.47. The number of urea groups is 1. The average Bonchev–Trinajstić information content (AvgIpc) is 3.31. The minimum Gasteiger partial charge on any atom is -0.380 e. The van der Waals surface area contributed by atoms with Crippen molar-refractivity contribution in [1.29, 1.82) is 0 Å². The van der Waals surface area contributed by atoms with Gasteiger partial charge in [-0.3, -0.25) is 5.10 Å². The molecule has 4 heterocycles. The molecule has 3 N–H and O–H groups in total. The molecule has 5 rings (SSSR count). The minimum atomic E-state index is -1.10. The largest absolute Gasteiger partial charge is 0.380 e. The summed E-state index contributed by atoms with van der Waals surface area (Å²) in [6.07, 6.45) is 6.72. The zero-order valence-electron chi connectivity index (χ0n) is 17.5. The van der Waals surface area contributed by atoms with Crippen molar-refractivity contribution in [1.82, 2.24) is 30.0 Å². The van der Waals surface area contributed by atoms with Crippen molar-refractivity contribution in [2.24, 2.45) is 0 Å². The molecule has 0 spiro atoms. The summed E-state index contributed by atoms with van der Waals surface area (Å²) in [6, 6.07) is -0.131. The Bertz CT molecular complexity index is 955. The van der Waals surface area contributed by atoms with Gasteiger partial charge in [0.2, 0.25) is 0 Å². The SMILES string of the molecule is O=C(Nc1c[nH]nc1-c1nc2c([nH]1)C=C(N1CCCOCC1)C(F)C2)N1CCCCC1. The Morgan fingerprint density at radius 1 is 1.16 bits per heavy atom. The third-order valence-electron chi connectivity index (χ3n) is 6.13. The lowest BCUT2D eigenvalue weighted by Crippen LogP contribution is -2.38. The van der Waals surface area contributed by atoms with E-state index in [4.69, 9.17) is 4.74 Å². The van der Waals surface area contributed by atoms with E-state index in [1.165, 1.54) is 0 Å². The number of carbonyl (C=O) groups is 1. The molecule has 2 aliphatic heterocycles. The van der Waals surface area contributed by atoms with Crippen molar-refractivity contribution in [2.75, 3.05) is 44.7 Å². The Labute approximate surface area is 180 Å². The summed E-state index contributed by atoms with van der Waals surface area (Å²) in [7, 11) is 0. The van der Waals surface area contributed by atoms with E-state index in [1.54, 1.807) is 6.20 Å². The van der Waals surface area contributed by atoms with Crippen molar-refractivity contribution in [3.8, 4) is 11.5 Å². The van der Waals surface area contributed by atoms with Crippen molar-refractivity contribution in [2.45, 2.75) is 38.3 Å². The topological polar surface area (TPSA) is 102 Å². The lowest BCUT2D eigenvalue weighted by atomic mass is 10.0. The van der Waals surface area contributed by atoms with Gasteiger partial charge in [-0.05, 0) is 31.8 Å². The van der Waals surface area contributed by atoms with Crippen LogP contribution < -0.4 is 5.32 Å². The van der Waals surface area contributed by atoms with Crippen LogP contribution in [0.15, 0.2) is 11.9 Å². The molecule has 0 bridgehead atoms. The first kappa shape index (κ1) is 20.0. The van der Waals surface area contributed by atoms with Crippen LogP contribution in [0.2, 0.25) is 0 Å². The predicted molar refractivity (Wildman–Crippen MR) is 114 cm³/mol. The van der Waals surface area contributed by atoms with Crippen LogP contribution in [0, 0.1) is 0 Å². The van der Waals surface area contributed by atoms with E-state index in [0.717, 1.165) is 51.0 Å². The number of aromatic amines is 2. The number of imidazole rings is 1. The number of piperidine rings is 1. The number of carbonyl (C=O) groups excluding carboxylic acids is 1. The fourth-order valence-corrected chi connectivity index (χ4v) is 4.47. The second kappa shape index (κ2) is 8.70. The number of likely N-dealkylation sites (tertiary alicyclic amines) is 1. The van der Waals surface area contributed by atoms with Gasteiger partial charge in [0.15, 0.2) is 11.5 Å². The maximum atomic E-state index is 15.0. The summed E-state index contributed by atoms with van der Waals surface area (Å²) in [4.78, 5) is 24.4. The van der Waals surface area contributed by atoms with E-state index in [2.05, 4.69) is 30.4 Å². The molecule has 1 aliphatic carbocycles. The molecule has 1 unspecified atom stereocenters. The number of H-pyrrole nitrogens is 2. The van der Waals surface area contributed by atoms with Crippen LogP contribution in [0.3, 0.4) is 0 Å². The predicted octanol–water partition coefficient (Wildman–Crippen LogP) is 2.78. The molecule has 9 nitrogen and oxygen atoms in total. The number of nitrogens with one attached hydrogen (secondary N) is 3. The van der Waals surface area contributed by atoms with Crippen LogP contribution in [-0.4, -0.2) is 81.6 Å². The number of allylic oxidation sites excluding steroid dienone is 1. The number of hydrogen-bond donors (Lipinski definition) is 3. The fraction of sp³-hybridized carbons (Fsp3) is 0.571. The number of fused-ring (bicyclic) bond motifs is 1. The zero-order chi connectivity index (χ0) is 21.2. The van der Waals surface area contributed by atoms with Gasteiger partial charge in [0.25, 0.3) is 0 Å². The van der Waals surface area contributed by atoms with E-state index in [-0.39, 0.29) is 12.5 Å². The summed E-state index contributed by atoms with van der Waals surface area (Å²) in [5.41, 5.74) is 3.23. The van der Waals surface area contributed by atoms with E-state index in [1.807, 2.05) is 11.0 Å². The standard InChI is InChI=1S/C21H28FN7O2/c22-14-11-15-16(12-18(14)28-7-4-9-31-10-8-28)25-20(24-15)19-17(13-23-27-19)26-21(30)29-5-2-1-3-6-29/h12-14H,1-11H2,(H,23,27)(H,24,25)(H,26,30). The summed E-state index contributed by atoms with van der Waals surface area (Å²) < 4.78 is 20.5. The molecule has 2 aromatic heterocycles. The molecule has 2 fully saturated rings. The van der Waals surface area contributed by atoms with Crippen molar-refractivity contribution >= 4 is 17.8 Å². The van der Waals surface area contributed by atoms with Crippen LogP contribution in [0.1, 0.15) is 37.1 Å². The molecule has 0 saturated carbocycles. The van der Waals surface area contributed by atoms with Crippen LogP contribution in [0.25, 0.3) is 17.6 Å². The first-order valence-corrected chi connectivity index (χ1v) is 11.1. The number of halogens is 1. The maximum absolute atomic E-state index is 15.0. The van der Waals surface area contributed by atoms with E-state index < -0.39 is 6.17 Å². The van der Waals surface area contributed by atoms with Crippen LogP contribution in [0.4, 0.5) is 14.9 Å². The van der Waals surface area contributed by atoms with Gasteiger partial charge >= 0.3 is 6.03 Å². The monoisotopic (exact) mass is 429 g/mol. The van der Waals surface area contributed by atoms with Crippen molar-refractivity contribution in [3.63, 3.8) is 0 Å². The highest BCUT2D eigenvalue weighted by molar-refractivity contribution is 5.92. The normalized spacial score (nSPS) is 22.0. The molecule has 3 aliphatic rings. The van der Waals surface area contributed by atoms with Gasteiger partial charge in [-0.2, -0.15) is 5.10 Å². The third kappa shape index (κ3) is 4.16. The number of anilines is 1. The maximum Gasteiger partial charge on any atom is 0.321 e. The van der Waals surface area contributed by atoms with Crippen LogP contribution in [-0.2, 0) is 11.2 Å². The molecule has 2 saturated heterocycles. The average molecular weight is 430 g/mol. The van der Waals surface area contributed by atoms with Gasteiger partial charge in [0, 0.05) is 45.4 Å². The molecule has 166 valence electrons. The summed E-state index contributed by atoms with van der Waals surface area (Å²) >= 11 is 0. The Balaban J connectivity index is 1.36. The Morgan fingerprint density at radius 3 is 2.90 bits per heavy atom.